The Balaban J connectivity index is 2.02. The molecule has 88 valence electrons. The third-order valence-electron chi connectivity index (χ3n) is 2.93. The van der Waals surface area contributed by atoms with Crippen molar-refractivity contribution in [2.24, 2.45) is 5.73 Å². The lowest BCUT2D eigenvalue weighted by Gasteiger charge is -2.15. The van der Waals surface area contributed by atoms with Gasteiger partial charge >= 0.3 is 0 Å². The van der Waals surface area contributed by atoms with Crippen LogP contribution in [-0.2, 0) is 6.54 Å². The summed E-state index contributed by atoms with van der Waals surface area (Å²) < 4.78 is 6.22. The quantitative estimate of drug-likeness (QED) is 0.923. The Bertz CT molecular complexity index is 370. The number of likely N-dealkylation sites (tertiary alicyclic amines) is 1. The number of methoxy groups -OCH3 is 1. The molecule has 2 N–H and O–H groups in total. The van der Waals surface area contributed by atoms with Crippen molar-refractivity contribution < 1.29 is 4.74 Å². The Hall–Kier alpha value is -0.580. The molecule has 2 rings (SSSR count). The lowest BCUT2D eigenvalue weighted by Crippen LogP contribution is -2.26. The highest BCUT2D eigenvalue weighted by molar-refractivity contribution is 9.10. The first-order chi connectivity index (χ1) is 7.69. The van der Waals surface area contributed by atoms with Crippen LogP contribution in [0.4, 0.5) is 0 Å². The number of benzene rings is 1. The molecular formula is C12H17BrN2O. The van der Waals surface area contributed by atoms with Crippen molar-refractivity contribution in [1.29, 1.82) is 0 Å². The summed E-state index contributed by atoms with van der Waals surface area (Å²) in [7, 11) is 1.68. The standard InChI is InChI=1S/C12H17BrN2O/c1-16-12-3-2-9(6-11(12)13)7-15-5-4-10(14)8-15/h2-3,6,10H,4-5,7-8,14H2,1H3/t10-/m1/s1. The molecule has 1 aliphatic heterocycles. The van der Waals surface area contributed by atoms with Gasteiger partial charge in [0.2, 0.25) is 0 Å². The first kappa shape index (κ1) is 11.9. The van der Waals surface area contributed by atoms with Crippen molar-refractivity contribution in [2.45, 2.75) is 19.0 Å². The summed E-state index contributed by atoms with van der Waals surface area (Å²) in [6.07, 6.45) is 1.11. The molecule has 0 bridgehead atoms. The Morgan fingerprint density at radius 1 is 1.56 bits per heavy atom. The minimum absolute atomic E-state index is 0.349. The summed E-state index contributed by atoms with van der Waals surface area (Å²) >= 11 is 3.50. The van der Waals surface area contributed by atoms with E-state index in [0.717, 1.165) is 36.3 Å². The highest BCUT2D eigenvalue weighted by Crippen LogP contribution is 2.26. The second-order valence-electron chi connectivity index (χ2n) is 4.25. The zero-order valence-corrected chi connectivity index (χ0v) is 11.0. The third-order valence-corrected chi connectivity index (χ3v) is 3.55. The number of nitrogens with two attached hydrogens (primary N) is 1. The van der Waals surface area contributed by atoms with Crippen LogP contribution in [0.2, 0.25) is 0 Å². The number of ether oxygens (including phenoxy) is 1. The first-order valence-electron chi connectivity index (χ1n) is 5.49. The van der Waals surface area contributed by atoms with Gasteiger partial charge in [-0.1, -0.05) is 6.07 Å². The van der Waals surface area contributed by atoms with Crippen LogP contribution in [0.25, 0.3) is 0 Å². The minimum atomic E-state index is 0.349. The van der Waals surface area contributed by atoms with Crippen LogP contribution >= 0.6 is 15.9 Å². The second kappa shape index (κ2) is 5.17. The van der Waals surface area contributed by atoms with Crippen molar-refractivity contribution in [2.75, 3.05) is 20.2 Å². The molecule has 0 radical (unpaired) electrons. The van der Waals surface area contributed by atoms with Crippen molar-refractivity contribution in [3.8, 4) is 5.75 Å². The molecule has 16 heavy (non-hydrogen) atoms. The largest absolute Gasteiger partial charge is 0.496 e. The van der Waals surface area contributed by atoms with Crippen LogP contribution in [0.15, 0.2) is 22.7 Å². The fourth-order valence-corrected chi connectivity index (χ4v) is 2.66. The Kier molecular flexibility index (Phi) is 3.84. The van der Waals surface area contributed by atoms with E-state index in [1.807, 2.05) is 6.07 Å². The fourth-order valence-electron chi connectivity index (χ4n) is 2.07. The highest BCUT2D eigenvalue weighted by Gasteiger charge is 2.18. The maximum Gasteiger partial charge on any atom is 0.133 e. The zero-order chi connectivity index (χ0) is 11.5. The van der Waals surface area contributed by atoms with Crippen LogP contribution in [0, 0.1) is 0 Å². The summed E-state index contributed by atoms with van der Waals surface area (Å²) in [5.41, 5.74) is 7.18. The van der Waals surface area contributed by atoms with E-state index in [0.29, 0.717) is 6.04 Å². The predicted molar refractivity (Wildman–Crippen MR) is 68.6 cm³/mol. The van der Waals surface area contributed by atoms with Crippen molar-refractivity contribution in [3.05, 3.63) is 28.2 Å². The second-order valence-corrected chi connectivity index (χ2v) is 5.11. The lowest BCUT2D eigenvalue weighted by molar-refractivity contribution is 0.326. The molecule has 0 amide bonds. The monoisotopic (exact) mass is 284 g/mol. The Morgan fingerprint density at radius 3 is 2.94 bits per heavy atom. The van der Waals surface area contributed by atoms with Crippen LogP contribution in [0.1, 0.15) is 12.0 Å². The molecule has 0 aromatic heterocycles. The van der Waals surface area contributed by atoms with Gasteiger partial charge in [-0.25, -0.2) is 0 Å². The van der Waals surface area contributed by atoms with Crippen LogP contribution in [0.5, 0.6) is 5.75 Å². The first-order valence-corrected chi connectivity index (χ1v) is 6.28. The number of halogens is 1. The van der Waals surface area contributed by atoms with Gasteiger partial charge in [0.05, 0.1) is 11.6 Å². The zero-order valence-electron chi connectivity index (χ0n) is 9.45. The molecule has 1 saturated heterocycles. The summed E-state index contributed by atoms with van der Waals surface area (Å²) in [6.45, 7) is 3.07. The van der Waals surface area contributed by atoms with Crippen LogP contribution < -0.4 is 10.5 Å². The van der Waals surface area contributed by atoms with Gasteiger partial charge in [-0.2, -0.15) is 0 Å². The molecule has 4 heteroatoms. The predicted octanol–water partition coefficient (Wildman–Crippen LogP) is 1.99. The maximum absolute atomic E-state index is 5.88. The molecule has 0 spiro atoms. The van der Waals surface area contributed by atoms with E-state index in [4.69, 9.17) is 10.5 Å². The van der Waals surface area contributed by atoms with Gasteiger partial charge in [0, 0.05) is 25.7 Å². The Morgan fingerprint density at radius 2 is 2.38 bits per heavy atom. The van der Waals surface area contributed by atoms with Crippen LogP contribution in [-0.4, -0.2) is 31.1 Å². The van der Waals surface area contributed by atoms with E-state index in [9.17, 15) is 0 Å². The topological polar surface area (TPSA) is 38.5 Å². The van der Waals surface area contributed by atoms with Gasteiger partial charge in [0.1, 0.15) is 5.75 Å². The van der Waals surface area contributed by atoms with Crippen LogP contribution in [0.3, 0.4) is 0 Å². The molecule has 1 atom stereocenters. The van der Waals surface area contributed by atoms with Gasteiger partial charge in [0.25, 0.3) is 0 Å². The molecule has 3 nitrogen and oxygen atoms in total. The smallest absolute Gasteiger partial charge is 0.133 e. The normalized spacial score (nSPS) is 21.3. The van der Waals surface area contributed by atoms with E-state index in [1.165, 1.54) is 5.56 Å². The summed E-state index contributed by atoms with van der Waals surface area (Å²) in [4.78, 5) is 2.39. The SMILES string of the molecule is COc1ccc(CN2CC[C@@H](N)C2)cc1Br. The van der Waals surface area contributed by atoms with Crippen molar-refractivity contribution >= 4 is 15.9 Å². The third kappa shape index (κ3) is 2.75. The van der Waals surface area contributed by atoms with E-state index < -0.39 is 0 Å². The molecule has 1 fully saturated rings. The highest BCUT2D eigenvalue weighted by atomic mass is 79.9. The van der Waals surface area contributed by atoms with E-state index in [2.05, 4.69) is 33.0 Å². The Labute approximate surface area is 105 Å². The number of hydrogen-bond donors (Lipinski definition) is 1. The summed E-state index contributed by atoms with van der Waals surface area (Å²) in [6, 6.07) is 6.56. The maximum atomic E-state index is 5.88. The van der Waals surface area contributed by atoms with Gasteiger partial charge in [-0.3, -0.25) is 4.90 Å². The molecule has 1 heterocycles. The van der Waals surface area contributed by atoms with Gasteiger partial charge in [0.15, 0.2) is 0 Å². The lowest BCUT2D eigenvalue weighted by atomic mass is 10.2. The molecule has 1 aromatic carbocycles. The summed E-state index contributed by atoms with van der Waals surface area (Å²) in [5.74, 6) is 0.877. The van der Waals surface area contributed by atoms with Crippen molar-refractivity contribution in [1.82, 2.24) is 4.90 Å². The van der Waals surface area contributed by atoms with Gasteiger partial charge in [-0.15, -0.1) is 0 Å². The minimum Gasteiger partial charge on any atom is -0.496 e. The number of nitrogens with zero attached hydrogens (tertiary/aromatic N) is 1. The number of hydrogen-bond acceptors (Lipinski definition) is 3. The fraction of sp³-hybridized carbons (Fsp3) is 0.500. The van der Waals surface area contributed by atoms with E-state index in [1.54, 1.807) is 7.11 Å². The molecular weight excluding hydrogens is 268 g/mol. The summed E-state index contributed by atoms with van der Waals surface area (Å²) in [5, 5.41) is 0. The van der Waals surface area contributed by atoms with Crippen molar-refractivity contribution in [3.63, 3.8) is 0 Å². The molecule has 0 saturated carbocycles. The molecule has 1 aliphatic rings. The molecule has 1 aromatic rings. The average Bonchev–Trinajstić information content (AvgIpc) is 2.64. The van der Waals surface area contributed by atoms with E-state index in [-0.39, 0.29) is 0 Å². The molecule has 0 unspecified atom stereocenters. The van der Waals surface area contributed by atoms with Gasteiger partial charge in [-0.05, 0) is 40.0 Å². The van der Waals surface area contributed by atoms with Gasteiger partial charge < -0.3 is 10.5 Å². The molecule has 0 aliphatic carbocycles. The van der Waals surface area contributed by atoms with E-state index >= 15 is 0 Å². The number of rotatable bonds is 3. The average molecular weight is 285 g/mol.